The molecule has 4 aromatic carbocycles. The summed E-state index contributed by atoms with van der Waals surface area (Å²) in [6, 6.07) is 16.2. The van der Waals surface area contributed by atoms with Gasteiger partial charge in [-0.2, -0.15) is 0 Å². The molecule has 6 aromatic rings. The Morgan fingerprint density at radius 3 is 1.69 bits per heavy atom. The Morgan fingerprint density at radius 1 is 0.700 bits per heavy atom. The van der Waals surface area contributed by atoms with Gasteiger partial charge in [0.2, 0.25) is 5.91 Å². The second kappa shape index (κ2) is 21.7. The number of benzene rings is 4. The van der Waals surface area contributed by atoms with E-state index in [2.05, 4.69) is 35.9 Å². The maximum Gasteiger partial charge on any atom is 0.248 e. The maximum absolute atomic E-state index is 13.7. The lowest BCUT2D eigenvalue weighted by Crippen LogP contribution is -2.41. The van der Waals surface area contributed by atoms with Gasteiger partial charge in [-0.25, -0.2) is 28.7 Å². The topological polar surface area (TPSA) is 152 Å². The predicted molar refractivity (Wildman–Crippen MR) is 277 cm³/mol. The second-order valence-electron chi connectivity index (χ2n) is 20.2. The van der Waals surface area contributed by atoms with Crippen LogP contribution in [0, 0.1) is 34.3 Å². The molecule has 0 aliphatic heterocycles. The van der Waals surface area contributed by atoms with E-state index in [1.807, 2.05) is 49.3 Å². The summed E-state index contributed by atoms with van der Waals surface area (Å²) in [5.41, 5.74) is 11.1. The minimum Gasteiger partial charge on any atom is -0.491 e. The quantitative estimate of drug-likeness (QED) is 0.0609. The fourth-order valence-corrected chi connectivity index (χ4v) is 11.5. The van der Waals surface area contributed by atoms with Gasteiger partial charge in [-0.05, 0) is 137 Å². The molecule has 0 atom stereocenters. The second-order valence-corrected chi connectivity index (χ2v) is 21.0. The summed E-state index contributed by atoms with van der Waals surface area (Å²) in [5.74, 6) is 2.24. The third kappa shape index (κ3) is 11.8. The molecule has 16 heteroatoms. The number of carbonyl (C=O) groups is 1. The van der Waals surface area contributed by atoms with E-state index in [9.17, 15) is 13.6 Å². The normalized spacial score (nSPS) is 18.3. The molecule has 12 nitrogen and oxygen atoms in total. The molecule has 5 N–H and O–H groups in total. The van der Waals surface area contributed by atoms with Crippen LogP contribution in [0.3, 0.4) is 0 Å². The van der Waals surface area contributed by atoms with Gasteiger partial charge in [-0.3, -0.25) is 4.79 Å². The van der Waals surface area contributed by atoms with Crippen molar-refractivity contribution in [3.8, 4) is 11.5 Å². The minimum atomic E-state index is -0.496. The molecular weight excluding hydrogens is 932 g/mol. The van der Waals surface area contributed by atoms with Crippen LogP contribution in [0.4, 0.5) is 43.2 Å². The Morgan fingerprint density at radius 2 is 1.19 bits per heavy atom. The minimum absolute atomic E-state index is 0.0116. The van der Waals surface area contributed by atoms with Gasteiger partial charge < -0.3 is 36.1 Å². The van der Waals surface area contributed by atoms with Crippen LogP contribution in [0.15, 0.2) is 85.5 Å². The lowest BCUT2D eigenvalue weighted by Gasteiger charge is -2.50. The van der Waals surface area contributed by atoms with Crippen LogP contribution in [-0.2, 0) is 4.79 Å². The van der Waals surface area contributed by atoms with Crippen molar-refractivity contribution in [1.82, 2.24) is 24.8 Å². The molecule has 10 rings (SSSR count). The van der Waals surface area contributed by atoms with Crippen molar-refractivity contribution < 1.29 is 23.0 Å². The van der Waals surface area contributed by atoms with Crippen molar-refractivity contribution in [2.24, 2.45) is 22.7 Å². The Bertz CT molecular complexity index is 2860. The van der Waals surface area contributed by atoms with Gasteiger partial charge in [-0.15, -0.1) is 0 Å². The smallest absolute Gasteiger partial charge is 0.248 e. The van der Waals surface area contributed by atoms with Crippen LogP contribution in [0.1, 0.15) is 89.9 Å². The number of nitrogens with one attached hydrogen (secondary N) is 3. The number of nitrogens with two attached hydrogens (primary N) is 1. The highest BCUT2D eigenvalue weighted by molar-refractivity contribution is 6.31. The van der Waals surface area contributed by atoms with E-state index >= 15 is 0 Å². The van der Waals surface area contributed by atoms with Crippen LogP contribution in [0.25, 0.3) is 21.8 Å². The van der Waals surface area contributed by atoms with Crippen LogP contribution in [0.2, 0.25) is 10.0 Å². The number of carbonyl (C=O) groups excluding carboxylic acids is 1. The fraction of sp³-hybridized carbons (Fsp3) is 0.426. The lowest BCUT2D eigenvalue weighted by molar-refractivity contribution is -0.111. The largest absolute Gasteiger partial charge is 0.491 e. The molecule has 4 aliphatic rings. The number of amides is 1. The first kappa shape index (κ1) is 49.2. The van der Waals surface area contributed by atoms with Crippen molar-refractivity contribution >= 4 is 85.3 Å². The summed E-state index contributed by atoms with van der Waals surface area (Å²) in [7, 11) is 3.89. The van der Waals surface area contributed by atoms with Gasteiger partial charge >= 0.3 is 0 Å². The molecule has 70 heavy (non-hydrogen) atoms. The highest BCUT2D eigenvalue weighted by atomic mass is 35.5. The molecule has 4 aliphatic carbocycles. The first-order chi connectivity index (χ1) is 33.8. The van der Waals surface area contributed by atoms with Crippen LogP contribution in [0.5, 0.6) is 11.5 Å². The van der Waals surface area contributed by atoms with Crippen molar-refractivity contribution in [3.63, 3.8) is 0 Å². The summed E-state index contributed by atoms with van der Waals surface area (Å²) < 4.78 is 39.5. The van der Waals surface area contributed by atoms with Gasteiger partial charge in [0.25, 0.3) is 0 Å². The molecule has 2 aromatic heterocycles. The molecule has 0 unspecified atom stereocenters. The highest BCUT2D eigenvalue weighted by Crippen LogP contribution is 2.56. The summed E-state index contributed by atoms with van der Waals surface area (Å²) in [4.78, 5) is 32.3. The van der Waals surface area contributed by atoms with E-state index in [0.29, 0.717) is 99.2 Å². The number of aromatic nitrogens is 4. The van der Waals surface area contributed by atoms with Crippen molar-refractivity contribution in [2.75, 3.05) is 55.5 Å². The number of anilines is 6. The fourth-order valence-electron chi connectivity index (χ4n) is 11.1. The number of hydrogen-bond donors (Lipinski definition) is 4. The summed E-state index contributed by atoms with van der Waals surface area (Å²) in [6.07, 6.45) is 24.9. The molecule has 2 spiro atoms. The van der Waals surface area contributed by atoms with Crippen LogP contribution >= 0.6 is 23.2 Å². The Hall–Kier alpha value is -5.83. The number of hydrogen-bond acceptors (Lipinski definition) is 11. The third-order valence-electron chi connectivity index (χ3n) is 14.5. The number of nitrogens with zero attached hydrogens (tertiary/aromatic N) is 5. The molecule has 1 amide bonds. The average molecular weight is 993 g/mol. The molecule has 4 fully saturated rings. The zero-order chi connectivity index (χ0) is 48.8. The molecule has 2 heterocycles. The maximum atomic E-state index is 13.7. The van der Waals surface area contributed by atoms with Crippen LogP contribution in [-0.4, -0.2) is 64.6 Å². The summed E-state index contributed by atoms with van der Waals surface area (Å²) in [6.45, 7) is 1.96. The van der Waals surface area contributed by atoms with Crippen LogP contribution < -0.4 is 31.2 Å². The highest BCUT2D eigenvalue weighted by Gasteiger charge is 2.45. The Balaban J connectivity index is 0.000000178. The van der Waals surface area contributed by atoms with Gasteiger partial charge in [-0.1, -0.05) is 67.8 Å². The molecule has 0 radical (unpaired) electrons. The average Bonchev–Trinajstić information content (AvgIpc) is 3.32. The van der Waals surface area contributed by atoms with E-state index in [-0.39, 0.29) is 16.0 Å². The number of likely N-dealkylation sites (N-methyl/N-ethyl adjacent to an activating group) is 1. The van der Waals surface area contributed by atoms with Gasteiger partial charge in [0.05, 0.1) is 45.7 Å². The number of halogens is 4. The first-order valence-electron chi connectivity index (χ1n) is 24.5. The first-order valence-corrected chi connectivity index (χ1v) is 25.2. The number of ether oxygens (including phenoxy) is 2. The van der Waals surface area contributed by atoms with E-state index in [1.54, 1.807) is 12.1 Å². The monoisotopic (exact) mass is 991 g/mol. The van der Waals surface area contributed by atoms with Gasteiger partial charge in [0.1, 0.15) is 47.4 Å². The van der Waals surface area contributed by atoms with Crippen molar-refractivity contribution in [3.05, 3.63) is 107 Å². The molecular formula is C54H61Cl2F2N9O3. The Kier molecular flexibility index (Phi) is 15.2. The van der Waals surface area contributed by atoms with E-state index in [0.717, 1.165) is 10.9 Å². The van der Waals surface area contributed by atoms with E-state index in [1.165, 1.54) is 133 Å². The number of fused-ring (bicyclic) bond motifs is 2. The predicted octanol–water partition coefficient (Wildman–Crippen LogP) is 13.4. The molecule has 0 bridgehead atoms. The molecule has 368 valence electrons. The van der Waals surface area contributed by atoms with E-state index < -0.39 is 11.6 Å². The van der Waals surface area contributed by atoms with Crippen molar-refractivity contribution in [1.29, 1.82) is 0 Å². The standard InChI is InChI=1S/C30H35ClFN5O2.C24H26ClFN4O/c1-37(2)12-6-7-28(38)36-26-14-22-25(33-19-34-29(22)35-21-8-9-24(32)23(31)13-21)15-27(26)39-18-20-16-30(17-20)10-4-3-5-11-30;25-18-8-16(4-5-19(18)26)30-23-17-9-20(27)22(10-21(17)28-14-29-23)31-13-15-11-24(12-15)6-2-1-3-7-24/h6-9,13-15,19-20H,3-5,10-12,16-18H2,1-2H3,(H,36,38)(H,33,34,35);4-5,8-10,14-15H,1-3,6-7,11-13,27H2,(H,28,29,30)/b7-6+;. The molecule has 4 saturated carbocycles. The number of rotatable bonds is 14. The lowest BCUT2D eigenvalue weighted by atomic mass is 9.56. The van der Waals surface area contributed by atoms with Gasteiger partial charge in [0, 0.05) is 46.9 Å². The number of nitrogen functional groups attached to an aromatic ring is 1. The van der Waals surface area contributed by atoms with Gasteiger partial charge in [0.15, 0.2) is 0 Å². The molecule has 0 saturated heterocycles. The summed E-state index contributed by atoms with van der Waals surface area (Å²) >= 11 is 11.9. The zero-order valence-corrected chi connectivity index (χ0v) is 41.3. The SMILES string of the molecule is CN(C)C/C=C/C(=O)Nc1cc2c(Nc3ccc(F)c(Cl)c3)ncnc2cc1OCC1CC2(CCCCC2)C1.Nc1cc2c(Nc3ccc(F)c(Cl)c3)ncnc2cc1OCC1CC2(CCCCC2)C1. The third-order valence-corrected chi connectivity index (χ3v) is 15.1. The zero-order valence-electron chi connectivity index (χ0n) is 39.8. The van der Waals surface area contributed by atoms with Crippen molar-refractivity contribution in [2.45, 2.75) is 89.9 Å². The Labute approximate surface area is 418 Å². The van der Waals surface area contributed by atoms with E-state index in [4.69, 9.17) is 38.4 Å². The summed E-state index contributed by atoms with van der Waals surface area (Å²) in [5, 5.41) is 10.8.